The van der Waals surface area contributed by atoms with Crippen LogP contribution in [-0.2, 0) is 27.4 Å². The van der Waals surface area contributed by atoms with E-state index in [2.05, 4.69) is 10.3 Å². The van der Waals surface area contributed by atoms with Crippen LogP contribution in [0.2, 0.25) is 0 Å². The normalized spacial score (nSPS) is 20.5. The van der Waals surface area contributed by atoms with E-state index in [0.29, 0.717) is 25.0 Å². The van der Waals surface area contributed by atoms with Gasteiger partial charge in [0.2, 0.25) is 0 Å². The molecule has 7 heteroatoms. The average molecular weight is 385 g/mol. The first-order valence-corrected chi connectivity index (χ1v) is 9.93. The van der Waals surface area contributed by atoms with Crippen molar-refractivity contribution in [2.75, 3.05) is 0 Å². The molecule has 1 heterocycles. The quantitative estimate of drug-likeness (QED) is 0.671. The molecule has 0 amide bonds. The van der Waals surface area contributed by atoms with Gasteiger partial charge in [0.25, 0.3) is 5.92 Å². The van der Waals surface area contributed by atoms with Gasteiger partial charge in [-0.05, 0) is 60.3 Å². The second kappa shape index (κ2) is 7.84. The van der Waals surface area contributed by atoms with Crippen molar-refractivity contribution in [3.05, 3.63) is 11.4 Å². The monoisotopic (exact) mass is 385 g/mol. The Morgan fingerprint density at radius 1 is 1.26 bits per heavy atom. The molecule has 0 N–H and O–H groups in total. The topological polar surface area (TPSA) is 57.0 Å². The molecular formula is C20H33F2N3O2. The van der Waals surface area contributed by atoms with Crippen molar-refractivity contribution in [2.24, 2.45) is 5.92 Å². The maximum Gasteiger partial charge on any atom is 0.306 e. The van der Waals surface area contributed by atoms with Crippen molar-refractivity contribution in [3.63, 3.8) is 0 Å². The fourth-order valence-corrected chi connectivity index (χ4v) is 3.82. The number of fused-ring (bicyclic) bond motifs is 1. The van der Waals surface area contributed by atoms with Crippen LogP contribution in [0.25, 0.3) is 0 Å². The summed E-state index contributed by atoms with van der Waals surface area (Å²) in [4.78, 5) is 12.4. The summed E-state index contributed by atoms with van der Waals surface area (Å²) in [6.45, 7) is 11.4. The van der Waals surface area contributed by atoms with Crippen LogP contribution in [0.15, 0.2) is 0 Å². The van der Waals surface area contributed by atoms with Crippen LogP contribution in [0.1, 0.15) is 91.5 Å². The van der Waals surface area contributed by atoms with Crippen LogP contribution in [-0.4, -0.2) is 26.6 Å². The maximum absolute atomic E-state index is 15.3. The lowest BCUT2D eigenvalue weighted by molar-refractivity contribution is -0.164. The molecule has 1 aliphatic rings. The number of hydrogen-bond donors (Lipinski definition) is 0. The first kappa shape index (κ1) is 21.8. The number of nitrogens with zero attached hydrogens (tertiary/aromatic N) is 3. The van der Waals surface area contributed by atoms with E-state index < -0.39 is 28.9 Å². The minimum Gasteiger partial charge on any atom is -0.460 e. The lowest BCUT2D eigenvalue weighted by Crippen LogP contribution is -2.35. The van der Waals surface area contributed by atoms with Gasteiger partial charge in [0, 0.05) is 5.92 Å². The molecule has 0 radical (unpaired) electrons. The summed E-state index contributed by atoms with van der Waals surface area (Å²) in [5, 5.41) is 7.87. The number of rotatable bonds is 5. The Bertz CT molecular complexity index is 663. The zero-order chi connectivity index (χ0) is 20.5. The van der Waals surface area contributed by atoms with Gasteiger partial charge < -0.3 is 4.74 Å². The summed E-state index contributed by atoms with van der Waals surface area (Å²) in [5.41, 5.74) is -0.850. The Morgan fingerprint density at radius 2 is 1.93 bits per heavy atom. The van der Waals surface area contributed by atoms with Gasteiger partial charge in [-0.25, -0.2) is 4.68 Å². The Kier molecular flexibility index (Phi) is 6.32. The lowest BCUT2D eigenvalue weighted by Gasteiger charge is -2.30. The highest BCUT2D eigenvalue weighted by molar-refractivity contribution is 5.70. The van der Waals surface area contributed by atoms with Crippen molar-refractivity contribution >= 4 is 5.97 Å². The number of carbonyl (C=O) groups is 1. The highest BCUT2D eigenvalue weighted by Gasteiger charge is 2.48. The van der Waals surface area contributed by atoms with Crippen LogP contribution in [0.5, 0.6) is 0 Å². The van der Waals surface area contributed by atoms with Crippen LogP contribution in [0.4, 0.5) is 8.78 Å². The standard InChI is InChI=1S/C20H33F2N3O2/c1-7-12-19(5,6)27-16(26)13-14-10-8-9-11-15-17(20(14,21)22)23-24-25(15)18(2,3)4/h14H,7-13H2,1-6H3. The molecule has 154 valence electrons. The first-order chi connectivity index (χ1) is 12.4. The fraction of sp³-hybridized carbons (Fsp3) is 0.850. The number of halogens is 2. The van der Waals surface area contributed by atoms with Gasteiger partial charge in [-0.3, -0.25) is 4.79 Å². The smallest absolute Gasteiger partial charge is 0.306 e. The summed E-state index contributed by atoms with van der Waals surface area (Å²) >= 11 is 0. The van der Waals surface area contributed by atoms with Gasteiger partial charge in [0.1, 0.15) is 5.60 Å². The van der Waals surface area contributed by atoms with E-state index in [1.807, 2.05) is 41.5 Å². The highest BCUT2D eigenvalue weighted by Crippen LogP contribution is 2.44. The molecule has 1 aromatic heterocycles. The maximum atomic E-state index is 15.3. The summed E-state index contributed by atoms with van der Waals surface area (Å²) in [7, 11) is 0. The van der Waals surface area contributed by atoms with Crippen molar-refractivity contribution in [2.45, 2.75) is 104 Å². The van der Waals surface area contributed by atoms with Crippen LogP contribution >= 0.6 is 0 Å². The minimum atomic E-state index is -3.20. The molecule has 27 heavy (non-hydrogen) atoms. The number of esters is 1. The molecule has 0 saturated heterocycles. The molecule has 0 spiro atoms. The molecule has 0 bridgehead atoms. The van der Waals surface area contributed by atoms with E-state index >= 15 is 8.78 Å². The summed E-state index contributed by atoms with van der Waals surface area (Å²) in [6.07, 6.45) is 3.47. The average Bonchev–Trinajstić information content (AvgIpc) is 2.92. The van der Waals surface area contributed by atoms with Crippen molar-refractivity contribution < 1.29 is 18.3 Å². The molecule has 1 aromatic rings. The van der Waals surface area contributed by atoms with Crippen LogP contribution in [0.3, 0.4) is 0 Å². The Morgan fingerprint density at radius 3 is 2.52 bits per heavy atom. The summed E-state index contributed by atoms with van der Waals surface area (Å²) < 4.78 is 37.7. The number of ether oxygens (including phenoxy) is 1. The third-order valence-electron chi connectivity index (χ3n) is 5.10. The molecule has 1 atom stereocenters. The van der Waals surface area contributed by atoms with E-state index in [4.69, 9.17) is 4.74 Å². The predicted molar refractivity (Wildman–Crippen MR) is 99.7 cm³/mol. The van der Waals surface area contributed by atoms with E-state index in [1.54, 1.807) is 4.68 Å². The highest BCUT2D eigenvalue weighted by atomic mass is 19.3. The molecule has 1 aliphatic carbocycles. The minimum absolute atomic E-state index is 0.275. The lowest BCUT2D eigenvalue weighted by atomic mass is 9.85. The number of alkyl halides is 2. The Balaban J connectivity index is 2.26. The molecule has 0 fully saturated rings. The van der Waals surface area contributed by atoms with Crippen LogP contribution in [0, 0.1) is 5.92 Å². The molecule has 0 aliphatic heterocycles. The van der Waals surface area contributed by atoms with Crippen LogP contribution < -0.4 is 0 Å². The molecule has 5 nitrogen and oxygen atoms in total. The summed E-state index contributed by atoms with van der Waals surface area (Å²) in [5.74, 6) is -4.89. The third-order valence-corrected chi connectivity index (χ3v) is 5.10. The number of carbonyl (C=O) groups excluding carboxylic acids is 1. The van der Waals surface area contributed by atoms with Gasteiger partial charge in [-0.2, -0.15) is 8.78 Å². The van der Waals surface area contributed by atoms with E-state index in [1.165, 1.54) is 0 Å². The molecule has 2 rings (SSSR count). The van der Waals surface area contributed by atoms with E-state index in [9.17, 15) is 4.79 Å². The number of aromatic nitrogens is 3. The Hall–Kier alpha value is -1.53. The van der Waals surface area contributed by atoms with E-state index in [0.717, 1.165) is 12.8 Å². The van der Waals surface area contributed by atoms with Crippen molar-refractivity contribution in [3.8, 4) is 0 Å². The second-order valence-electron chi connectivity index (χ2n) is 9.22. The SMILES string of the molecule is CCCC(C)(C)OC(=O)CC1CCCCc2c(nnn2C(C)(C)C)C1(F)F. The molecular weight excluding hydrogens is 352 g/mol. The Labute approximate surface area is 160 Å². The number of hydrogen-bond acceptors (Lipinski definition) is 4. The zero-order valence-electron chi connectivity index (χ0n) is 17.4. The fourth-order valence-electron chi connectivity index (χ4n) is 3.82. The van der Waals surface area contributed by atoms with Gasteiger partial charge >= 0.3 is 5.97 Å². The van der Waals surface area contributed by atoms with Crippen molar-refractivity contribution in [1.29, 1.82) is 0 Å². The predicted octanol–water partition coefficient (Wildman–Crippen LogP) is 4.98. The molecule has 0 saturated carbocycles. The first-order valence-electron chi connectivity index (χ1n) is 9.93. The van der Waals surface area contributed by atoms with E-state index in [-0.39, 0.29) is 18.5 Å². The largest absolute Gasteiger partial charge is 0.460 e. The van der Waals surface area contributed by atoms with Gasteiger partial charge in [0.15, 0.2) is 5.69 Å². The second-order valence-corrected chi connectivity index (χ2v) is 9.22. The van der Waals surface area contributed by atoms with Gasteiger partial charge in [-0.1, -0.05) is 25.0 Å². The molecule has 1 unspecified atom stereocenters. The third kappa shape index (κ3) is 5.05. The molecule has 0 aromatic carbocycles. The van der Waals surface area contributed by atoms with Gasteiger partial charge in [0.05, 0.1) is 17.7 Å². The zero-order valence-corrected chi connectivity index (χ0v) is 17.4. The van der Waals surface area contributed by atoms with Gasteiger partial charge in [-0.15, -0.1) is 5.10 Å². The summed E-state index contributed by atoms with van der Waals surface area (Å²) in [6, 6.07) is 0. The van der Waals surface area contributed by atoms with Crippen molar-refractivity contribution in [1.82, 2.24) is 15.0 Å².